The van der Waals surface area contributed by atoms with Crippen LogP contribution in [0.4, 0.5) is 0 Å². The summed E-state index contributed by atoms with van der Waals surface area (Å²) in [6, 6.07) is 29.5. The predicted octanol–water partition coefficient (Wildman–Crippen LogP) is 7.91. The summed E-state index contributed by atoms with van der Waals surface area (Å²) in [6.07, 6.45) is 1.03. The molecule has 0 saturated carbocycles. The van der Waals surface area contributed by atoms with E-state index < -0.39 is 17.9 Å². The summed E-state index contributed by atoms with van der Waals surface area (Å²) < 4.78 is 0. The lowest BCUT2D eigenvalue weighted by molar-refractivity contribution is -0.135. The van der Waals surface area contributed by atoms with E-state index in [1.54, 1.807) is 0 Å². The first kappa shape index (κ1) is 40.2. The van der Waals surface area contributed by atoms with E-state index in [-0.39, 0.29) is 0 Å². The Bertz CT molecular complexity index is 827. The second-order valence-corrected chi connectivity index (χ2v) is 6.86. The number of carbonyl (C=O) groups is 3. The average Bonchev–Trinajstić information content (AvgIpc) is 2.82. The summed E-state index contributed by atoms with van der Waals surface area (Å²) in [5.41, 5.74) is 5.41. The monoisotopic (exact) mass is 514 g/mol. The molecule has 3 N–H and O–H groups in total. The number of benzene rings is 3. The highest BCUT2D eigenvalue weighted by Gasteiger charge is 1.92. The second-order valence-electron chi connectivity index (χ2n) is 6.86. The summed E-state index contributed by atoms with van der Waals surface area (Å²) >= 11 is 0. The van der Waals surface area contributed by atoms with Crippen molar-refractivity contribution >= 4 is 17.9 Å². The number of carboxylic acids is 3. The van der Waals surface area contributed by atoms with E-state index in [4.69, 9.17) is 29.7 Å². The van der Waals surface area contributed by atoms with Crippen molar-refractivity contribution in [1.29, 1.82) is 0 Å². The first-order valence-corrected chi connectivity index (χ1v) is 12.1. The Hall–Kier alpha value is -3.93. The van der Waals surface area contributed by atoms with Crippen molar-refractivity contribution < 1.29 is 29.7 Å². The number of rotatable bonds is 2. The Labute approximate surface area is 223 Å². The van der Waals surface area contributed by atoms with Crippen LogP contribution in [0, 0.1) is 13.8 Å². The molecule has 0 amide bonds. The van der Waals surface area contributed by atoms with Crippen LogP contribution >= 0.6 is 0 Å². The summed E-state index contributed by atoms with van der Waals surface area (Å²) in [5.74, 6) is -2.50. The van der Waals surface area contributed by atoms with Gasteiger partial charge >= 0.3 is 0 Å². The lowest BCUT2D eigenvalue weighted by Gasteiger charge is -2.00. The van der Waals surface area contributed by atoms with Crippen LogP contribution in [-0.4, -0.2) is 33.2 Å². The smallest absolute Gasteiger partial charge is 0.300 e. The van der Waals surface area contributed by atoms with E-state index >= 15 is 0 Å². The van der Waals surface area contributed by atoms with E-state index in [1.165, 1.54) is 22.3 Å². The molecule has 6 nitrogen and oxygen atoms in total. The molecule has 0 aliphatic carbocycles. The molecule has 37 heavy (non-hydrogen) atoms. The van der Waals surface area contributed by atoms with Crippen molar-refractivity contribution in [3.63, 3.8) is 0 Å². The van der Waals surface area contributed by atoms with Gasteiger partial charge in [-0.1, -0.05) is 124 Å². The van der Waals surface area contributed by atoms with E-state index in [2.05, 4.69) is 98.8 Å². The quantitative estimate of drug-likeness (QED) is 0.320. The zero-order valence-electron chi connectivity index (χ0n) is 23.9. The number of hydrogen-bond donors (Lipinski definition) is 3. The summed E-state index contributed by atoms with van der Waals surface area (Å²) in [5, 5.41) is 22.2. The summed E-state index contributed by atoms with van der Waals surface area (Å²) in [4.78, 5) is 27.0. The summed E-state index contributed by atoms with van der Waals surface area (Å²) in [7, 11) is 0. The minimum atomic E-state index is -0.833. The standard InChI is InChI=1S/C13H12.C8H10.3C2H4O2.2C2H6/c1-3-7-12(8-4-1)11-13-9-5-2-6-10-13;1-7-4-3-5-8(2)6-7;3*1-2(3)4;2*1-2/h1-10H,11H2;3-6H,1-2H3;3*1H3,(H,3,4);2*1-2H3. The van der Waals surface area contributed by atoms with Gasteiger partial charge in [-0.05, 0) is 31.4 Å². The Morgan fingerprint density at radius 2 is 0.757 bits per heavy atom. The molecule has 0 radical (unpaired) electrons. The van der Waals surface area contributed by atoms with Gasteiger partial charge in [0.25, 0.3) is 17.9 Å². The third-order valence-electron chi connectivity index (χ3n) is 3.27. The van der Waals surface area contributed by atoms with Crippen LogP contribution in [0.2, 0.25) is 0 Å². The van der Waals surface area contributed by atoms with Crippen molar-refractivity contribution in [2.24, 2.45) is 0 Å². The van der Waals surface area contributed by atoms with E-state index in [9.17, 15) is 0 Å². The van der Waals surface area contributed by atoms with E-state index in [0.717, 1.165) is 27.2 Å². The van der Waals surface area contributed by atoms with Gasteiger partial charge in [-0.25, -0.2) is 0 Å². The number of aliphatic carboxylic acids is 3. The Balaban J connectivity index is -0.000000196. The molecule has 3 aromatic rings. The van der Waals surface area contributed by atoms with Crippen molar-refractivity contribution in [3.8, 4) is 0 Å². The van der Waals surface area contributed by atoms with Crippen molar-refractivity contribution in [3.05, 3.63) is 107 Å². The fourth-order valence-corrected chi connectivity index (χ4v) is 2.23. The van der Waals surface area contributed by atoms with E-state index in [1.807, 2.05) is 27.7 Å². The molecule has 0 unspecified atom stereocenters. The SMILES string of the molecule is CC.CC.CC(=O)O.CC(=O)O.CC(=O)O.Cc1cccc(C)c1.c1ccc(Cc2ccccc2)cc1. The van der Waals surface area contributed by atoms with Gasteiger partial charge in [-0.2, -0.15) is 0 Å². The number of hydrogen-bond acceptors (Lipinski definition) is 3. The highest BCUT2D eigenvalue weighted by molar-refractivity contribution is 5.63. The van der Waals surface area contributed by atoms with Gasteiger partial charge in [0.1, 0.15) is 0 Å². The molecule has 0 aliphatic heterocycles. The maximum atomic E-state index is 9.00. The molecule has 0 saturated heterocycles. The molecule has 0 bridgehead atoms. The molecule has 206 valence electrons. The van der Waals surface area contributed by atoms with Crippen LogP contribution in [0.1, 0.15) is 70.7 Å². The molecule has 3 aromatic carbocycles. The van der Waals surface area contributed by atoms with Gasteiger partial charge in [0.15, 0.2) is 0 Å². The minimum absolute atomic E-state index is 0.833. The Morgan fingerprint density at radius 1 is 0.514 bits per heavy atom. The van der Waals surface area contributed by atoms with Crippen LogP contribution in [0.5, 0.6) is 0 Å². The predicted molar refractivity (Wildman–Crippen MR) is 154 cm³/mol. The molecule has 0 fully saturated rings. The summed E-state index contributed by atoms with van der Waals surface area (Å²) in [6.45, 7) is 15.5. The van der Waals surface area contributed by atoms with Crippen LogP contribution in [0.15, 0.2) is 84.9 Å². The molecule has 0 atom stereocenters. The highest BCUT2D eigenvalue weighted by atomic mass is 16.4. The second kappa shape index (κ2) is 30.1. The fourth-order valence-electron chi connectivity index (χ4n) is 2.23. The average molecular weight is 515 g/mol. The molecule has 0 aromatic heterocycles. The van der Waals surface area contributed by atoms with Gasteiger partial charge in [-0.15, -0.1) is 0 Å². The van der Waals surface area contributed by atoms with Crippen LogP contribution in [-0.2, 0) is 20.8 Å². The number of carboxylic acid groups (broad SMARTS) is 3. The molecular weight excluding hydrogens is 468 g/mol. The Morgan fingerprint density at radius 3 is 0.946 bits per heavy atom. The van der Waals surface area contributed by atoms with Crippen LogP contribution < -0.4 is 0 Å². The van der Waals surface area contributed by atoms with Gasteiger partial charge in [-0.3, -0.25) is 14.4 Å². The lowest BCUT2D eigenvalue weighted by atomic mass is 10.1. The lowest BCUT2D eigenvalue weighted by Crippen LogP contribution is -1.85. The Kier molecular flexibility index (Phi) is 32.7. The minimum Gasteiger partial charge on any atom is -0.481 e. The van der Waals surface area contributed by atoms with Crippen molar-refractivity contribution in [2.75, 3.05) is 0 Å². The van der Waals surface area contributed by atoms with Gasteiger partial charge in [0.05, 0.1) is 0 Å². The molecule has 0 heterocycles. The zero-order valence-corrected chi connectivity index (χ0v) is 23.9. The first-order chi connectivity index (χ1) is 17.4. The largest absolute Gasteiger partial charge is 0.481 e. The molecule has 0 spiro atoms. The van der Waals surface area contributed by atoms with Crippen molar-refractivity contribution in [2.45, 2.75) is 68.7 Å². The van der Waals surface area contributed by atoms with Crippen LogP contribution in [0.3, 0.4) is 0 Å². The zero-order chi connectivity index (χ0) is 29.6. The topological polar surface area (TPSA) is 112 Å². The molecular formula is C31H46O6. The van der Waals surface area contributed by atoms with Crippen LogP contribution in [0.25, 0.3) is 0 Å². The highest BCUT2D eigenvalue weighted by Crippen LogP contribution is 2.07. The normalized spacial score (nSPS) is 7.81. The third kappa shape index (κ3) is 42.7. The molecule has 3 rings (SSSR count). The van der Waals surface area contributed by atoms with E-state index in [0.29, 0.717) is 0 Å². The number of aryl methyl sites for hydroxylation is 2. The first-order valence-electron chi connectivity index (χ1n) is 12.1. The van der Waals surface area contributed by atoms with Gasteiger partial charge in [0, 0.05) is 20.8 Å². The van der Waals surface area contributed by atoms with Gasteiger partial charge < -0.3 is 15.3 Å². The molecule has 0 aliphatic rings. The maximum Gasteiger partial charge on any atom is 0.300 e. The van der Waals surface area contributed by atoms with Gasteiger partial charge in [0.2, 0.25) is 0 Å². The maximum absolute atomic E-state index is 9.00. The third-order valence-corrected chi connectivity index (χ3v) is 3.27. The van der Waals surface area contributed by atoms with Crippen molar-refractivity contribution in [1.82, 2.24) is 0 Å². The fraction of sp³-hybridized carbons (Fsp3) is 0.323. The molecule has 6 heteroatoms.